The van der Waals surface area contributed by atoms with Gasteiger partial charge < -0.3 is 0 Å². The number of fused-ring (bicyclic) bond motifs is 1. The number of benzene rings is 3. The van der Waals surface area contributed by atoms with E-state index in [1.807, 2.05) is 43.3 Å². The molecule has 4 aromatic rings. The van der Waals surface area contributed by atoms with Crippen molar-refractivity contribution < 1.29 is 13.2 Å². The fraction of sp³-hybridized carbons (Fsp3) is 0.250. The summed E-state index contributed by atoms with van der Waals surface area (Å²) >= 11 is 8.34. The molecule has 7 heteroatoms. The van der Waals surface area contributed by atoms with E-state index >= 15 is 0 Å². The summed E-state index contributed by atoms with van der Waals surface area (Å²) in [6, 6.07) is 21.6. The van der Waals surface area contributed by atoms with Crippen LogP contribution in [0.5, 0.6) is 0 Å². The van der Waals surface area contributed by atoms with Crippen LogP contribution in [0, 0.1) is 6.92 Å². The molecule has 4 nitrogen and oxygen atoms in total. The van der Waals surface area contributed by atoms with Gasteiger partial charge in [-0.1, -0.05) is 73.8 Å². The Bertz CT molecular complexity index is 1460. The van der Waals surface area contributed by atoms with Crippen LogP contribution in [0.25, 0.3) is 21.2 Å². The minimum absolute atomic E-state index is 0.0465. The Hall–Kier alpha value is -2.67. The van der Waals surface area contributed by atoms with Crippen LogP contribution < -0.4 is 4.72 Å². The smallest absolute Gasteiger partial charge is 0.264 e. The molecule has 0 aliphatic heterocycles. The number of carbonyl (C=O) groups is 1. The zero-order chi connectivity index (χ0) is 25.0. The number of amides is 1. The van der Waals surface area contributed by atoms with Gasteiger partial charge in [0.1, 0.15) is 0 Å². The van der Waals surface area contributed by atoms with E-state index in [1.54, 1.807) is 23.5 Å². The molecule has 1 N–H and O–H groups in total. The average molecular weight is 526 g/mol. The van der Waals surface area contributed by atoms with Crippen LogP contribution in [-0.4, -0.2) is 20.1 Å². The first kappa shape index (κ1) is 25.4. The standard InChI is InChI=1S/C28H28ClNO3S2/c1-3-4-8-15-35(32,33)30-28(31)23-13-14-27-25(17-23)24(19(2)34-27)16-22-12-11-21(18-26(22)29)20-9-6-5-7-10-20/h5-7,9-14,17-18H,3-4,8,15-16H2,1-2H3,(H,30,31). The van der Waals surface area contributed by atoms with E-state index in [0.29, 0.717) is 23.4 Å². The molecule has 1 aromatic heterocycles. The van der Waals surface area contributed by atoms with Gasteiger partial charge in [-0.25, -0.2) is 13.1 Å². The summed E-state index contributed by atoms with van der Waals surface area (Å²) in [5.74, 6) is -0.641. The predicted molar refractivity (Wildman–Crippen MR) is 147 cm³/mol. The Morgan fingerprint density at radius 2 is 1.74 bits per heavy atom. The van der Waals surface area contributed by atoms with E-state index in [0.717, 1.165) is 50.1 Å². The van der Waals surface area contributed by atoms with Crippen LogP contribution in [0.4, 0.5) is 0 Å². The van der Waals surface area contributed by atoms with Crippen LogP contribution >= 0.6 is 22.9 Å². The molecule has 1 amide bonds. The summed E-state index contributed by atoms with van der Waals surface area (Å²) in [6.45, 7) is 4.07. The van der Waals surface area contributed by atoms with Crippen molar-refractivity contribution in [2.75, 3.05) is 5.75 Å². The molecule has 0 saturated carbocycles. The van der Waals surface area contributed by atoms with Crippen molar-refractivity contribution in [3.05, 3.63) is 93.3 Å². The van der Waals surface area contributed by atoms with Gasteiger partial charge in [-0.05, 0) is 65.3 Å². The first-order valence-electron chi connectivity index (χ1n) is 11.7. The number of nitrogens with one attached hydrogen (secondary N) is 1. The molecule has 0 unspecified atom stereocenters. The van der Waals surface area contributed by atoms with Gasteiger partial charge in [0.2, 0.25) is 10.0 Å². The third-order valence-corrected chi connectivity index (χ3v) is 8.85. The Morgan fingerprint density at radius 3 is 2.46 bits per heavy atom. The van der Waals surface area contributed by atoms with Crippen molar-refractivity contribution in [2.45, 2.75) is 39.5 Å². The van der Waals surface area contributed by atoms with E-state index in [2.05, 4.69) is 29.8 Å². The highest BCUT2D eigenvalue weighted by Gasteiger charge is 2.18. The van der Waals surface area contributed by atoms with E-state index in [4.69, 9.17) is 11.6 Å². The molecule has 0 bridgehead atoms. The maximum atomic E-state index is 12.7. The minimum atomic E-state index is -3.65. The van der Waals surface area contributed by atoms with Crippen molar-refractivity contribution in [1.29, 1.82) is 0 Å². The van der Waals surface area contributed by atoms with Crippen molar-refractivity contribution in [2.24, 2.45) is 0 Å². The zero-order valence-corrected chi connectivity index (χ0v) is 22.2. The fourth-order valence-corrected chi connectivity index (χ4v) is 6.51. The lowest BCUT2D eigenvalue weighted by Crippen LogP contribution is -2.32. The summed E-state index contributed by atoms with van der Waals surface area (Å²) < 4.78 is 27.8. The molecule has 0 fully saturated rings. The first-order chi connectivity index (χ1) is 16.8. The maximum absolute atomic E-state index is 12.7. The molecule has 182 valence electrons. The van der Waals surface area contributed by atoms with Crippen LogP contribution in [0.2, 0.25) is 5.02 Å². The quantitative estimate of drug-likeness (QED) is 0.232. The number of aryl methyl sites for hydroxylation is 1. The molecule has 4 rings (SSSR count). The van der Waals surface area contributed by atoms with Crippen molar-refractivity contribution >= 4 is 49.0 Å². The Labute approximate surface area is 216 Å². The lowest BCUT2D eigenvalue weighted by Gasteiger charge is -2.09. The lowest BCUT2D eigenvalue weighted by molar-refractivity contribution is 0.0981. The predicted octanol–water partition coefficient (Wildman–Crippen LogP) is 7.37. The largest absolute Gasteiger partial charge is 0.268 e. The highest BCUT2D eigenvalue weighted by atomic mass is 35.5. The molecule has 35 heavy (non-hydrogen) atoms. The molecular formula is C28H28ClNO3S2. The molecule has 0 atom stereocenters. The van der Waals surface area contributed by atoms with Crippen LogP contribution in [0.3, 0.4) is 0 Å². The van der Waals surface area contributed by atoms with E-state index in [-0.39, 0.29) is 5.75 Å². The number of carbonyl (C=O) groups excluding carboxylic acids is 1. The van der Waals surface area contributed by atoms with Crippen LogP contribution in [-0.2, 0) is 16.4 Å². The van der Waals surface area contributed by atoms with E-state index in [9.17, 15) is 13.2 Å². The molecule has 0 radical (unpaired) electrons. The third kappa shape index (κ3) is 6.13. The third-order valence-electron chi connectivity index (χ3n) is 6.05. The monoisotopic (exact) mass is 525 g/mol. The van der Waals surface area contributed by atoms with Crippen LogP contribution in [0.15, 0.2) is 66.7 Å². The maximum Gasteiger partial charge on any atom is 0.264 e. The summed E-state index contributed by atoms with van der Waals surface area (Å²) in [6.07, 6.45) is 2.89. The van der Waals surface area contributed by atoms with E-state index in [1.165, 1.54) is 0 Å². The van der Waals surface area contributed by atoms with Crippen molar-refractivity contribution in [3.63, 3.8) is 0 Å². The molecule has 0 aliphatic carbocycles. The zero-order valence-electron chi connectivity index (χ0n) is 19.8. The number of hydrogen-bond acceptors (Lipinski definition) is 4. The summed E-state index contributed by atoms with van der Waals surface area (Å²) in [4.78, 5) is 13.9. The van der Waals surface area contributed by atoms with Gasteiger partial charge in [0.15, 0.2) is 0 Å². The number of unbranched alkanes of at least 4 members (excludes halogenated alkanes) is 2. The fourth-order valence-electron chi connectivity index (χ4n) is 4.12. The van der Waals surface area contributed by atoms with Gasteiger partial charge in [-0.3, -0.25) is 4.79 Å². The second-order valence-electron chi connectivity index (χ2n) is 8.65. The average Bonchev–Trinajstić information content (AvgIpc) is 3.14. The topological polar surface area (TPSA) is 63.2 Å². The molecule has 0 saturated heterocycles. The Morgan fingerprint density at radius 1 is 0.971 bits per heavy atom. The summed E-state index contributed by atoms with van der Waals surface area (Å²) in [7, 11) is -3.65. The highest BCUT2D eigenvalue weighted by Crippen LogP contribution is 2.35. The number of thiophene rings is 1. The lowest BCUT2D eigenvalue weighted by atomic mass is 9.98. The van der Waals surface area contributed by atoms with Crippen LogP contribution in [0.1, 0.15) is 52.5 Å². The summed E-state index contributed by atoms with van der Waals surface area (Å²) in [5, 5.41) is 1.64. The SMILES string of the molecule is CCCCCS(=O)(=O)NC(=O)c1ccc2sc(C)c(Cc3ccc(-c4ccccc4)cc3Cl)c2c1. The molecule has 3 aromatic carbocycles. The number of hydrogen-bond donors (Lipinski definition) is 1. The second-order valence-corrected chi connectivity index (χ2v) is 12.2. The normalized spacial score (nSPS) is 11.6. The molecule has 0 spiro atoms. The highest BCUT2D eigenvalue weighted by molar-refractivity contribution is 7.90. The van der Waals surface area contributed by atoms with Gasteiger partial charge in [-0.15, -0.1) is 11.3 Å². The van der Waals surface area contributed by atoms with Gasteiger partial charge in [-0.2, -0.15) is 0 Å². The number of rotatable bonds is 9. The number of halogens is 1. The van der Waals surface area contributed by atoms with Gasteiger partial charge in [0.05, 0.1) is 5.75 Å². The Balaban J connectivity index is 1.59. The van der Waals surface area contributed by atoms with E-state index < -0.39 is 15.9 Å². The molecule has 0 aliphatic rings. The summed E-state index contributed by atoms with van der Waals surface area (Å²) in [5.41, 5.74) is 4.60. The number of sulfonamides is 1. The van der Waals surface area contributed by atoms with Crippen molar-refractivity contribution in [3.8, 4) is 11.1 Å². The molecular weight excluding hydrogens is 498 g/mol. The first-order valence-corrected chi connectivity index (χ1v) is 14.5. The Kier molecular flexibility index (Phi) is 7.95. The van der Waals surface area contributed by atoms with Crippen molar-refractivity contribution in [1.82, 2.24) is 4.72 Å². The molecule has 1 heterocycles. The van der Waals surface area contributed by atoms with Gasteiger partial charge >= 0.3 is 0 Å². The van der Waals surface area contributed by atoms with Gasteiger partial charge in [0, 0.05) is 26.6 Å². The minimum Gasteiger partial charge on any atom is -0.268 e. The van der Waals surface area contributed by atoms with Gasteiger partial charge in [0.25, 0.3) is 5.91 Å². The second kappa shape index (κ2) is 10.9.